The minimum absolute atomic E-state index is 0.0483. The second kappa shape index (κ2) is 2.69. The number of nitrogen functional groups attached to an aromatic ring is 1. The highest BCUT2D eigenvalue weighted by Gasteiger charge is 2.07. The van der Waals surface area contributed by atoms with Crippen molar-refractivity contribution in [1.82, 2.24) is 4.98 Å². The Balaban J connectivity index is 3.19. The summed E-state index contributed by atoms with van der Waals surface area (Å²) in [6.07, 6.45) is -2.65. The largest absolute Gasteiger partial charge is 0.385 e. The smallest absolute Gasteiger partial charge is 0.264 e. The number of nitrogens with one attached hydrogen (secondary N) is 1. The summed E-state index contributed by atoms with van der Waals surface area (Å²) in [6, 6.07) is 1.85. The monoisotopic (exact) mass is 160 g/mol. The first kappa shape index (κ1) is 7.71. The predicted molar refractivity (Wildman–Crippen MR) is 36.4 cm³/mol. The fraction of sp³-hybridized carbons (Fsp3) is 0.167. The molecule has 0 spiro atoms. The molecule has 0 amide bonds. The Kier molecular flexibility index (Phi) is 1.89. The SMILES string of the molecule is Nc1cc(C(F)F)cc(=O)[nH]1. The van der Waals surface area contributed by atoms with Gasteiger partial charge in [-0.25, -0.2) is 8.78 Å². The highest BCUT2D eigenvalue weighted by Crippen LogP contribution is 2.17. The van der Waals surface area contributed by atoms with Crippen LogP contribution in [0.25, 0.3) is 0 Å². The molecule has 1 aromatic rings. The Morgan fingerprint density at radius 2 is 2.09 bits per heavy atom. The van der Waals surface area contributed by atoms with Gasteiger partial charge < -0.3 is 10.7 Å². The number of aromatic amines is 1. The summed E-state index contributed by atoms with van der Waals surface area (Å²) in [6.45, 7) is 0. The second-order valence-corrected chi connectivity index (χ2v) is 2.03. The number of pyridine rings is 1. The third kappa shape index (κ3) is 1.76. The molecule has 3 N–H and O–H groups in total. The van der Waals surface area contributed by atoms with Gasteiger partial charge in [-0.15, -0.1) is 0 Å². The summed E-state index contributed by atoms with van der Waals surface area (Å²) >= 11 is 0. The van der Waals surface area contributed by atoms with Crippen molar-refractivity contribution in [2.45, 2.75) is 6.43 Å². The summed E-state index contributed by atoms with van der Waals surface area (Å²) in [5, 5.41) is 0. The molecule has 0 aliphatic carbocycles. The number of H-pyrrole nitrogens is 1. The van der Waals surface area contributed by atoms with E-state index in [9.17, 15) is 13.6 Å². The molecule has 0 atom stereocenters. The third-order valence-electron chi connectivity index (χ3n) is 1.14. The number of hydrogen-bond acceptors (Lipinski definition) is 2. The van der Waals surface area contributed by atoms with Gasteiger partial charge in [-0.3, -0.25) is 4.79 Å². The number of halogens is 2. The van der Waals surface area contributed by atoms with Gasteiger partial charge in [0.05, 0.1) is 0 Å². The van der Waals surface area contributed by atoms with Crippen molar-refractivity contribution in [3.63, 3.8) is 0 Å². The molecule has 0 fully saturated rings. The summed E-state index contributed by atoms with van der Waals surface area (Å²) in [5.74, 6) is -0.0483. The Bertz CT molecular complexity index is 308. The highest BCUT2D eigenvalue weighted by molar-refractivity contribution is 5.32. The number of aromatic nitrogens is 1. The van der Waals surface area contributed by atoms with E-state index in [0.29, 0.717) is 0 Å². The quantitative estimate of drug-likeness (QED) is 0.641. The van der Waals surface area contributed by atoms with E-state index in [1.54, 1.807) is 0 Å². The van der Waals surface area contributed by atoms with Gasteiger partial charge >= 0.3 is 0 Å². The van der Waals surface area contributed by atoms with Gasteiger partial charge in [-0.2, -0.15) is 0 Å². The van der Waals surface area contributed by atoms with Crippen molar-refractivity contribution in [1.29, 1.82) is 0 Å². The lowest BCUT2D eigenvalue weighted by atomic mass is 10.3. The molecule has 1 rings (SSSR count). The molecule has 0 radical (unpaired) electrons. The van der Waals surface area contributed by atoms with Gasteiger partial charge in [-0.05, 0) is 6.07 Å². The normalized spacial score (nSPS) is 10.5. The van der Waals surface area contributed by atoms with E-state index in [-0.39, 0.29) is 11.4 Å². The Morgan fingerprint density at radius 3 is 2.55 bits per heavy atom. The summed E-state index contributed by atoms with van der Waals surface area (Å²) in [5.41, 5.74) is 4.14. The van der Waals surface area contributed by atoms with Crippen LogP contribution in [0.5, 0.6) is 0 Å². The fourth-order valence-corrected chi connectivity index (χ4v) is 0.713. The molecule has 0 aromatic carbocycles. The van der Waals surface area contributed by atoms with E-state index in [4.69, 9.17) is 5.73 Å². The zero-order valence-corrected chi connectivity index (χ0v) is 5.47. The van der Waals surface area contributed by atoms with Gasteiger partial charge in [0.15, 0.2) is 0 Å². The summed E-state index contributed by atoms with van der Waals surface area (Å²) in [7, 11) is 0. The van der Waals surface area contributed by atoms with E-state index >= 15 is 0 Å². The lowest BCUT2D eigenvalue weighted by Crippen LogP contribution is -2.08. The molecule has 0 aliphatic rings. The molecule has 1 aromatic heterocycles. The topological polar surface area (TPSA) is 58.9 Å². The van der Waals surface area contributed by atoms with Crippen molar-refractivity contribution in [2.24, 2.45) is 0 Å². The minimum atomic E-state index is -2.65. The Hall–Kier alpha value is -1.39. The van der Waals surface area contributed by atoms with Crippen molar-refractivity contribution in [3.05, 3.63) is 28.0 Å². The predicted octanol–water partition coefficient (Wildman–Crippen LogP) is 0.895. The van der Waals surface area contributed by atoms with Crippen LogP contribution in [0.4, 0.5) is 14.6 Å². The Morgan fingerprint density at radius 1 is 1.45 bits per heavy atom. The van der Waals surface area contributed by atoms with Crippen LogP contribution in [0.15, 0.2) is 16.9 Å². The number of alkyl halides is 2. The van der Waals surface area contributed by atoms with E-state index in [1.807, 2.05) is 0 Å². The molecule has 0 saturated heterocycles. The zero-order chi connectivity index (χ0) is 8.43. The zero-order valence-electron chi connectivity index (χ0n) is 5.47. The van der Waals surface area contributed by atoms with Crippen LogP contribution in [0, 0.1) is 0 Å². The first-order valence-electron chi connectivity index (χ1n) is 2.87. The lowest BCUT2D eigenvalue weighted by Gasteiger charge is -1.98. The van der Waals surface area contributed by atoms with Crippen molar-refractivity contribution >= 4 is 5.82 Å². The van der Waals surface area contributed by atoms with Crippen molar-refractivity contribution < 1.29 is 8.78 Å². The van der Waals surface area contributed by atoms with Crippen LogP contribution in [0.3, 0.4) is 0 Å². The Labute approximate surface area is 60.8 Å². The third-order valence-corrected chi connectivity index (χ3v) is 1.14. The van der Waals surface area contributed by atoms with Crippen molar-refractivity contribution in [3.8, 4) is 0 Å². The highest BCUT2D eigenvalue weighted by atomic mass is 19.3. The maximum Gasteiger partial charge on any atom is 0.264 e. The fourth-order valence-electron chi connectivity index (χ4n) is 0.713. The van der Waals surface area contributed by atoms with Crippen LogP contribution in [0.2, 0.25) is 0 Å². The molecule has 5 heteroatoms. The summed E-state index contributed by atoms with van der Waals surface area (Å²) in [4.78, 5) is 12.7. The maximum absolute atomic E-state index is 11.9. The van der Waals surface area contributed by atoms with Crippen LogP contribution in [0.1, 0.15) is 12.0 Å². The number of anilines is 1. The van der Waals surface area contributed by atoms with Crippen molar-refractivity contribution in [2.75, 3.05) is 5.73 Å². The van der Waals surface area contributed by atoms with Gasteiger partial charge in [-0.1, -0.05) is 0 Å². The number of rotatable bonds is 1. The molecule has 11 heavy (non-hydrogen) atoms. The van der Waals surface area contributed by atoms with Crippen LogP contribution in [-0.4, -0.2) is 4.98 Å². The average molecular weight is 160 g/mol. The van der Waals surface area contributed by atoms with Crippen LogP contribution in [-0.2, 0) is 0 Å². The summed E-state index contributed by atoms with van der Waals surface area (Å²) < 4.78 is 23.8. The molecule has 0 bridgehead atoms. The van der Waals surface area contributed by atoms with Gasteiger partial charge in [0.1, 0.15) is 5.82 Å². The number of hydrogen-bond donors (Lipinski definition) is 2. The van der Waals surface area contributed by atoms with E-state index in [2.05, 4.69) is 4.98 Å². The van der Waals surface area contributed by atoms with Crippen LogP contribution < -0.4 is 11.3 Å². The molecular formula is C6H6F2N2O. The maximum atomic E-state index is 11.9. The molecule has 0 saturated carbocycles. The minimum Gasteiger partial charge on any atom is -0.385 e. The first-order chi connectivity index (χ1) is 5.09. The van der Waals surface area contributed by atoms with Crippen LogP contribution >= 0.6 is 0 Å². The van der Waals surface area contributed by atoms with Gasteiger partial charge in [0.25, 0.3) is 6.43 Å². The second-order valence-electron chi connectivity index (χ2n) is 2.03. The molecule has 3 nitrogen and oxygen atoms in total. The first-order valence-corrected chi connectivity index (χ1v) is 2.87. The molecule has 1 heterocycles. The van der Waals surface area contributed by atoms with E-state index in [0.717, 1.165) is 12.1 Å². The molecule has 0 aliphatic heterocycles. The van der Waals surface area contributed by atoms with Gasteiger partial charge in [0.2, 0.25) is 5.56 Å². The molecular weight excluding hydrogens is 154 g/mol. The lowest BCUT2D eigenvalue weighted by molar-refractivity contribution is 0.151. The molecule has 60 valence electrons. The average Bonchev–Trinajstić information content (AvgIpc) is 1.85. The van der Waals surface area contributed by atoms with E-state index in [1.165, 1.54) is 0 Å². The molecule has 0 unspecified atom stereocenters. The standard InChI is InChI=1S/C6H6F2N2O/c7-6(8)3-1-4(9)10-5(11)2-3/h1-2,6H,(H3,9,10,11). The van der Waals surface area contributed by atoms with E-state index < -0.39 is 12.0 Å². The van der Waals surface area contributed by atoms with Gasteiger partial charge in [0, 0.05) is 11.6 Å². The number of nitrogens with two attached hydrogens (primary N) is 1.